The van der Waals surface area contributed by atoms with E-state index in [0.717, 1.165) is 25.1 Å². The van der Waals surface area contributed by atoms with Crippen molar-refractivity contribution in [2.75, 3.05) is 13.1 Å². The molecule has 7 heteroatoms. The molecule has 1 fully saturated rings. The summed E-state index contributed by atoms with van der Waals surface area (Å²) in [7, 11) is 1.87. The Hall–Kier alpha value is -2.17. The number of hydrogen-bond acceptors (Lipinski definition) is 5. The minimum atomic E-state index is -0.960. The van der Waals surface area contributed by atoms with Crippen LogP contribution in [0.1, 0.15) is 49.7 Å². The summed E-state index contributed by atoms with van der Waals surface area (Å²) in [5, 5.41) is 28.5. The number of nitrogens with zero attached hydrogens (tertiary/aromatic N) is 6. The van der Waals surface area contributed by atoms with E-state index in [1.165, 1.54) is 0 Å². The summed E-state index contributed by atoms with van der Waals surface area (Å²) < 4.78 is 3.61. The molecule has 0 aromatic carbocycles. The Kier molecular flexibility index (Phi) is 4.43. The number of hydrogen-bond donors (Lipinski definition) is 1. The van der Waals surface area contributed by atoms with E-state index in [-0.39, 0.29) is 6.04 Å². The molecule has 0 spiro atoms. The van der Waals surface area contributed by atoms with E-state index in [1.54, 1.807) is 4.68 Å². The van der Waals surface area contributed by atoms with E-state index in [2.05, 4.69) is 21.3 Å². The fourth-order valence-electron chi connectivity index (χ4n) is 3.30. The monoisotopic (exact) mass is 328 g/mol. The fourth-order valence-corrected chi connectivity index (χ4v) is 3.30. The summed E-state index contributed by atoms with van der Waals surface area (Å²) in [6.07, 6.45) is 5.42. The lowest BCUT2D eigenvalue weighted by Gasteiger charge is -2.37. The van der Waals surface area contributed by atoms with Gasteiger partial charge in [0.05, 0.1) is 6.20 Å². The maximum Gasteiger partial charge on any atom is 0.123 e. The fraction of sp³-hybridized carbons (Fsp3) is 0.588. The third-order valence-electron chi connectivity index (χ3n) is 4.65. The first-order chi connectivity index (χ1) is 11.4. The van der Waals surface area contributed by atoms with Crippen LogP contribution in [-0.2, 0) is 19.2 Å². The van der Waals surface area contributed by atoms with Gasteiger partial charge in [0, 0.05) is 32.4 Å². The molecular weight excluding hydrogens is 304 g/mol. The van der Waals surface area contributed by atoms with Crippen molar-refractivity contribution in [1.82, 2.24) is 24.5 Å². The van der Waals surface area contributed by atoms with Crippen molar-refractivity contribution < 1.29 is 5.11 Å². The molecule has 1 saturated heterocycles. The number of aliphatic hydroxyl groups is 1. The molecule has 0 aliphatic carbocycles. The largest absolute Gasteiger partial charge is 0.382 e. The van der Waals surface area contributed by atoms with E-state index in [1.807, 2.05) is 43.9 Å². The number of aromatic nitrogens is 4. The highest BCUT2D eigenvalue weighted by Gasteiger charge is 2.37. The Morgan fingerprint density at radius 3 is 2.83 bits per heavy atom. The van der Waals surface area contributed by atoms with Gasteiger partial charge in [-0.2, -0.15) is 5.26 Å². The zero-order valence-corrected chi connectivity index (χ0v) is 14.5. The van der Waals surface area contributed by atoms with Gasteiger partial charge in [0.15, 0.2) is 0 Å². The van der Waals surface area contributed by atoms with Crippen LogP contribution < -0.4 is 0 Å². The molecule has 1 aliphatic heterocycles. The Morgan fingerprint density at radius 2 is 2.21 bits per heavy atom. The minimum Gasteiger partial charge on any atom is -0.382 e. The molecule has 2 aromatic rings. The second-order valence-corrected chi connectivity index (χ2v) is 6.98. The topological polar surface area (TPSA) is 82.9 Å². The highest BCUT2D eigenvalue weighted by molar-refractivity contribution is 5.28. The van der Waals surface area contributed by atoms with Crippen LogP contribution in [0.3, 0.4) is 0 Å². The standard InChI is InChI=1S/C17H24N6O/c1-13(2)23-11-16(19-20-23)17(24)5-4-6-22(12-17)10-14-7-15(8-18)21(3)9-14/h7,9,11,13,24H,4-6,10,12H2,1-3H3/t17-/m0/s1. The van der Waals surface area contributed by atoms with Gasteiger partial charge in [-0.1, -0.05) is 5.21 Å². The molecule has 0 unspecified atom stereocenters. The predicted octanol–water partition coefficient (Wildman–Crippen LogP) is 1.55. The zero-order chi connectivity index (χ0) is 17.3. The molecule has 0 saturated carbocycles. The van der Waals surface area contributed by atoms with E-state index in [4.69, 9.17) is 5.26 Å². The summed E-state index contributed by atoms with van der Waals surface area (Å²) in [5.74, 6) is 0. The molecule has 3 heterocycles. The van der Waals surface area contributed by atoms with Gasteiger partial charge in [0.1, 0.15) is 23.1 Å². The molecule has 2 aromatic heterocycles. The van der Waals surface area contributed by atoms with Crippen LogP contribution in [0.25, 0.3) is 0 Å². The Labute approximate surface area is 142 Å². The molecule has 1 N–H and O–H groups in total. The van der Waals surface area contributed by atoms with Crippen molar-refractivity contribution in [3.8, 4) is 6.07 Å². The number of aryl methyl sites for hydroxylation is 1. The summed E-state index contributed by atoms with van der Waals surface area (Å²) in [6, 6.07) is 4.31. The highest BCUT2D eigenvalue weighted by atomic mass is 16.3. The summed E-state index contributed by atoms with van der Waals surface area (Å²) in [5.41, 5.74) is 1.42. The Morgan fingerprint density at radius 1 is 1.42 bits per heavy atom. The number of rotatable bonds is 4. The van der Waals surface area contributed by atoms with Gasteiger partial charge in [-0.15, -0.1) is 5.10 Å². The zero-order valence-electron chi connectivity index (χ0n) is 14.5. The van der Waals surface area contributed by atoms with Crippen LogP contribution in [0, 0.1) is 11.3 Å². The van der Waals surface area contributed by atoms with Crippen molar-refractivity contribution in [2.45, 2.75) is 44.9 Å². The number of likely N-dealkylation sites (tertiary alicyclic amines) is 1. The van der Waals surface area contributed by atoms with Gasteiger partial charge in [0.25, 0.3) is 0 Å². The lowest BCUT2D eigenvalue weighted by atomic mass is 9.90. The predicted molar refractivity (Wildman–Crippen MR) is 88.9 cm³/mol. The van der Waals surface area contributed by atoms with Gasteiger partial charge in [-0.05, 0) is 44.9 Å². The van der Waals surface area contributed by atoms with Gasteiger partial charge >= 0.3 is 0 Å². The highest BCUT2D eigenvalue weighted by Crippen LogP contribution is 2.31. The van der Waals surface area contributed by atoms with Gasteiger partial charge in [-0.3, -0.25) is 4.90 Å². The first-order valence-electron chi connectivity index (χ1n) is 8.33. The lowest BCUT2D eigenvalue weighted by molar-refractivity contribution is -0.0414. The normalized spacial score (nSPS) is 22.0. The van der Waals surface area contributed by atoms with Crippen molar-refractivity contribution >= 4 is 0 Å². The average molecular weight is 328 g/mol. The molecule has 128 valence electrons. The van der Waals surface area contributed by atoms with E-state index in [9.17, 15) is 5.11 Å². The summed E-state index contributed by atoms with van der Waals surface area (Å²) in [4.78, 5) is 2.22. The smallest absolute Gasteiger partial charge is 0.123 e. The molecule has 24 heavy (non-hydrogen) atoms. The van der Waals surface area contributed by atoms with Crippen LogP contribution in [0.15, 0.2) is 18.5 Å². The van der Waals surface area contributed by atoms with Crippen molar-refractivity contribution in [2.24, 2.45) is 7.05 Å². The van der Waals surface area contributed by atoms with Crippen molar-refractivity contribution in [3.63, 3.8) is 0 Å². The molecular formula is C17H24N6O. The van der Waals surface area contributed by atoms with Crippen LogP contribution >= 0.6 is 0 Å². The van der Waals surface area contributed by atoms with E-state index < -0.39 is 5.60 Å². The molecule has 0 radical (unpaired) electrons. The Bertz CT molecular complexity index is 755. The number of piperidine rings is 1. The van der Waals surface area contributed by atoms with Crippen LogP contribution in [0.2, 0.25) is 0 Å². The number of β-amino-alcohol motifs (C(OH)–C–C–N with tert-alkyl or cyclic N) is 1. The quantitative estimate of drug-likeness (QED) is 0.921. The van der Waals surface area contributed by atoms with E-state index in [0.29, 0.717) is 24.4 Å². The third-order valence-corrected chi connectivity index (χ3v) is 4.65. The molecule has 1 aliphatic rings. The maximum absolute atomic E-state index is 11.1. The van der Waals surface area contributed by atoms with Gasteiger partial charge < -0.3 is 9.67 Å². The third kappa shape index (κ3) is 3.21. The van der Waals surface area contributed by atoms with Gasteiger partial charge in [0.2, 0.25) is 0 Å². The van der Waals surface area contributed by atoms with Crippen LogP contribution in [-0.4, -0.2) is 42.7 Å². The van der Waals surface area contributed by atoms with Crippen LogP contribution in [0.5, 0.6) is 0 Å². The second kappa shape index (κ2) is 6.38. The second-order valence-electron chi connectivity index (χ2n) is 6.98. The Balaban J connectivity index is 1.74. The molecule has 0 bridgehead atoms. The number of nitriles is 1. The first-order valence-corrected chi connectivity index (χ1v) is 8.33. The van der Waals surface area contributed by atoms with E-state index >= 15 is 0 Å². The molecule has 7 nitrogen and oxygen atoms in total. The first kappa shape index (κ1) is 16.7. The SMILES string of the molecule is CC(C)n1cc([C@]2(O)CCCN(Cc3cc(C#N)n(C)c3)C2)nn1. The average Bonchev–Trinajstić information content (AvgIpc) is 3.14. The lowest BCUT2D eigenvalue weighted by Crippen LogP contribution is -2.45. The minimum absolute atomic E-state index is 0.225. The van der Waals surface area contributed by atoms with Crippen molar-refractivity contribution in [1.29, 1.82) is 5.26 Å². The molecule has 0 amide bonds. The molecule has 1 atom stereocenters. The van der Waals surface area contributed by atoms with Crippen LogP contribution in [0.4, 0.5) is 0 Å². The summed E-state index contributed by atoms with van der Waals surface area (Å²) >= 11 is 0. The van der Waals surface area contributed by atoms with Gasteiger partial charge in [-0.25, -0.2) is 4.68 Å². The molecule has 3 rings (SSSR count). The van der Waals surface area contributed by atoms with Crippen molar-refractivity contribution in [3.05, 3.63) is 35.4 Å². The summed E-state index contributed by atoms with van der Waals surface area (Å²) in [6.45, 7) is 6.25. The maximum atomic E-state index is 11.1.